The molecule has 0 aromatic rings. The van der Waals surface area contributed by atoms with E-state index >= 15 is 0 Å². The Kier molecular flexibility index (Phi) is 7.04. The van der Waals surface area contributed by atoms with E-state index in [0.29, 0.717) is 30.4 Å². The molecule has 0 aliphatic rings. The summed E-state index contributed by atoms with van der Waals surface area (Å²) in [5, 5.41) is 35.0. The minimum atomic E-state index is -1.26. The molecule has 0 saturated heterocycles. The van der Waals surface area contributed by atoms with E-state index in [2.05, 4.69) is 0 Å². The van der Waals surface area contributed by atoms with E-state index in [9.17, 15) is 0 Å². The Morgan fingerprint density at radius 3 is 1.86 bits per heavy atom. The maximum atomic E-state index is 8.84. The van der Waals surface area contributed by atoms with Crippen molar-refractivity contribution in [3.8, 4) is 0 Å². The van der Waals surface area contributed by atoms with Crippen LogP contribution in [0.25, 0.3) is 0 Å². The van der Waals surface area contributed by atoms with Crippen LogP contribution in [-0.2, 0) is 0 Å². The largest absolute Gasteiger partial charge is 0.391 e. The SMILES string of the molecule is C[N+](CCO)(CCO)CCCC(O)O. The summed E-state index contributed by atoms with van der Waals surface area (Å²) in [6, 6.07) is 0. The van der Waals surface area contributed by atoms with Gasteiger partial charge in [-0.05, 0) is 0 Å². The first-order chi connectivity index (χ1) is 6.54. The Balaban J connectivity index is 3.83. The maximum absolute atomic E-state index is 8.84. The second kappa shape index (κ2) is 7.14. The van der Waals surface area contributed by atoms with Crippen LogP contribution < -0.4 is 0 Å². The van der Waals surface area contributed by atoms with E-state index in [-0.39, 0.29) is 13.2 Å². The summed E-state index contributed by atoms with van der Waals surface area (Å²) in [4.78, 5) is 0. The second-order valence-electron chi connectivity index (χ2n) is 3.86. The quantitative estimate of drug-likeness (QED) is 0.289. The molecule has 14 heavy (non-hydrogen) atoms. The van der Waals surface area contributed by atoms with Gasteiger partial charge in [-0.1, -0.05) is 0 Å². The van der Waals surface area contributed by atoms with Crippen molar-refractivity contribution < 1.29 is 24.9 Å². The molecule has 0 aliphatic carbocycles. The molecular weight excluding hydrogens is 186 g/mol. The van der Waals surface area contributed by atoms with Gasteiger partial charge in [-0.3, -0.25) is 0 Å². The molecular formula is C9H22NO4+. The lowest BCUT2D eigenvalue weighted by Crippen LogP contribution is -2.48. The van der Waals surface area contributed by atoms with Crippen LogP contribution >= 0.6 is 0 Å². The van der Waals surface area contributed by atoms with Crippen LogP contribution in [0, 0.1) is 0 Å². The fourth-order valence-corrected chi connectivity index (χ4v) is 1.47. The van der Waals surface area contributed by atoms with E-state index in [0.717, 1.165) is 6.54 Å². The lowest BCUT2D eigenvalue weighted by molar-refractivity contribution is -0.910. The maximum Gasteiger partial charge on any atom is 0.151 e. The molecule has 0 aromatic heterocycles. The number of aliphatic hydroxyl groups excluding tert-OH is 3. The summed E-state index contributed by atoms with van der Waals surface area (Å²) in [6.07, 6.45) is -0.245. The van der Waals surface area contributed by atoms with Crippen molar-refractivity contribution in [2.45, 2.75) is 19.1 Å². The minimum Gasteiger partial charge on any atom is -0.391 e. The topological polar surface area (TPSA) is 80.9 Å². The number of nitrogens with zero attached hydrogens (tertiary/aromatic N) is 1. The molecule has 0 bridgehead atoms. The molecule has 0 rings (SSSR count). The average molecular weight is 208 g/mol. The van der Waals surface area contributed by atoms with Gasteiger partial charge in [0.05, 0.1) is 26.8 Å². The summed E-state index contributed by atoms with van der Waals surface area (Å²) in [5.41, 5.74) is 0. The van der Waals surface area contributed by atoms with Crippen molar-refractivity contribution in [1.29, 1.82) is 0 Å². The van der Waals surface area contributed by atoms with E-state index in [1.165, 1.54) is 0 Å². The second-order valence-corrected chi connectivity index (χ2v) is 3.86. The Labute approximate surface area is 84.8 Å². The molecule has 0 aliphatic heterocycles. The predicted molar refractivity (Wildman–Crippen MR) is 52.4 cm³/mol. The van der Waals surface area contributed by atoms with Crippen LogP contribution in [0.15, 0.2) is 0 Å². The zero-order chi connectivity index (χ0) is 11.0. The van der Waals surface area contributed by atoms with E-state index < -0.39 is 6.29 Å². The van der Waals surface area contributed by atoms with Crippen molar-refractivity contribution in [3.05, 3.63) is 0 Å². The normalized spacial score (nSPS) is 12.4. The Morgan fingerprint density at radius 2 is 1.50 bits per heavy atom. The molecule has 0 unspecified atom stereocenters. The summed E-state index contributed by atoms with van der Waals surface area (Å²) in [6.45, 7) is 2.07. The zero-order valence-corrected chi connectivity index (χ0v) is 8.76. The third kappa shape index (κ3) is 6.28. The van der Waals surface area contributed by atoms with Gasteiger partial charge in [-0.25, -0.2) is 0 Å². The summed E-state index contributed by atoms with van der Waals surface area (Å²) >= 11 is 0. The lowest BCUT2D eigenvalue weighted by atomic mass is 10.2. The van der Waals surface area contributed by atoms with Gasteiger partial charge < -0.3 is 24.9 Å². The highest BCUT2D eigenvalue weighted by Crippen LogP contribution is 2.05. The van der Waals surface area contributed by atoms with Gasteiger partial charge in [0.25, 0.3) is 0 Å². The third-order valence-corrected chi connectivity index (χ3v) is 2.44. The highest BCUT2D eigenvalue weighted by molar-refractivity contribution is 4.44. The molecule has 0 aromatic carbocycles. The summed E-state index contributed by atoms with van der Waals surface area (Å²) in [5.74, 6) is 0. The number of aliphatic hydroxyl groups is 4. The molecule has 0 saturated carbocycles. The standard InChI is InChI=1S/C9H22NO4/c1-10(5-7-11,6-8-12)4-2-3-9(13)14/h9,11-14H,2-8H2,1H3/q+1. The van der Waals surface area contributed by atoms with Gasteiger partial charge in [0.1, 0.15) is 13.1 Å². The summed E-state index contributed by atoms with van der Waals surface area (Å²) < 4.78 is 0.569. The third-order valence-electron chi connectivity index (χ3n) is 2.44. The minimum absolute atomic E-state index is 0.0815. The molecule has 86 valence electrons. The first-order valence-electron chi connectivity index (χ1n) is 4.95. The van der Waals surface area contributed by atoms with Crippen LogP contribution in [0.5, 0.6) is 0 Å². The Hall–Kier alpha value is -0.200. The zero-order valence-electron chi connectivity index (χ0n) is 8.76. The molecule has 0 atom stereocenters. The number of rotatable bonds is 8. The molecule has 5 heteroatoms. The Bertz CT molecular complexity index is 135. The van der Waals surface area contributed by atoms with Crippen LogP contribution in [0.1, 0.15) is 12.8 Å². The van der Waals surface area contributed by atoms with Gasteiger partial charge in [0, 0.05) is 12.8 Å². The molecule has 4 N–H and O–H groups in total. The van der Waals surface area contributed by atoms with E-state index in [1.54, 1.807) is 0 Å². The predicted octanol–water partition coefficient (Wildman–Crippen LogP) is -1.49. The van der Waals surface area contributed by atoms with Crippen LogP contribution in [-0.4, -0.2) is 71.1 Å². The van der Waals surface area contributed by atoms with Crippen molar-refractivity contribution in [1.82, 2.24) is 0 Å². The highest BCUT2D eigenvalue weighted by atomic mass is 16.5. The number of likely N-dealkylation sites (N-methyl/N-ethyl adjacent to an activating group) is 1. The fraction of sp³-hybridized carbons (Fsp3) is 1.00. The van der Waals surface area contributed by atoms with Crippen LogP contribution in [0.3, 0.4) is 0 Å². The van der Waals surface area contributed by atoms with E-state index in [4.69, 9.17) is 20.4 Å². The van der Waals surface area contributed by atoms with Crippen LogP contribution in [0.4, 0.5) is 0 Å². The molecule has 0 spiro atoms. The van der Waals surface area contributed by atoms with Crippen LogP contribution in [0.2, 0.25) is 0 Å². The van der Waals surface area contributed by atoms with Crippen molar-refractivity contribution in [3.63, 3.8) is 0 Å². The smallest absolute Gasteiger partial charge is 0.151 e. The van der Waals surface area contributed by atoms with Gasteiger partial charge in [0.2, 0.25) is 0 Å². The average Bonchev–Trinajstić information content (AvgIpc) is 2.03. The molecule has 0 heterocycles. The van der Waals surface area contributed by atoms with Crippen molar-refractivity contribution in [2.24, 2.45) is 0 Å². The number of hydrogen-bond acceptors (Lipinski definition) is 4. The number of quaternary nitrogens is 1. The molecule has 5 nitrogen and oxygen atoms in total. The van der Waals surface area contributed by atoms with Crippen molar-refractivity contribution in [2.75, 3.05) is 39.9 Å². The van der Waals surface area contributed by atoms with Gasteiger partial charge >= 0.3 is 0 Å². The lowest BCUT2D eigenvalue weighted by Gasteiger charge is -2.33. The fourth-order valence-electron chi connectivity index (χ4n) is 1.47. The first-order valence-corrected chi connectivity index (χ1v) is 4.95. The monoisotopic (exact) mass is 208 g/mol. The Morgan fingerprint density at radius 1 is 1.00 bits per heavy atom. The number of hydrogen-bond donors (Lipinski definition) is 4. The molecule has 0 radical (unpaired) electrons. The first kappa shape index (κ1) is 13.8. The van der Waals surface area contributed by atoms with Gasteiger partial charge in [0.15, 0.2) is 6.29 Å². The van der Waals surface area contributed by atoms with Gasteiger partial charge in [-0.2, -0.15) is 0 Å². The molecule has 0 fully saturated rings. The highest BCUT2D eigenvalue weighted by Gasteiger charge is 2.19. The van der Waals surface area contributed by atoms with E-state index in [1.807, 2.05) is 7.05 Å². The van der Waals surface area contributed by atoms with Gasteiger partial charge in [-0.15, -0.1) is 0 Å². The summed E-state index contributed by atoms with van der Waals surface area (Å²) in [7, 11) is 1.94. The van der Waals surface area contributed by atoms with Crippen molar-refractivity contribution >= 4 is 0 Å². The molecule has 0 amide bonds.